The number of nitrogens with two attached hydrogens (primary N) is 4. The summed E-state index contributed by atoms with van der Waals surface area (Å²) in [6, 6.07) is 3.25. The van der Waals surface area contributed by atoms with Crippen LogP contribution >= 0.6 is 7.60 Å². The van der Waals surface area contributed by atoms with E-state index in [1.165, 1.54) is 29.2 Å². The van der Waals surface area contributed by atoms with E-state index in [0.29, 0.717) is 16.4 Å². The molecule has 2 fully saturated rings. The summed E-state index contributed by atoms with van der Waals surface area (Å²) >= 11 is 0. The van der Waals surface area contributed by atoms with Gasteiger partial charge in [-0.2, -0.15) is 19.9 Å². The minimum absolute atomic E-state index is 0.00292. The third-order valence-electron chi connectivity index (χ3n) is 7.70. The van der Waals surface area contributed by atoms with Crippen LogP contribution in [0.25, 0.3) is 22.1 Å². The van der Waals surface area contributed by atoms with Gasteiger partial charge in [0.15, 0.2) is 25.1 Å². The van der Waals surface area contributed by atoms with E-state index in [1.54, 1.807) is 18.3 Å². The lowest BCUT2D eigenvalue weighted by atomic mass is 9.96. The first kappa shape index (κ1) is 33.6. The van der Waals surface area contributed by atoms with Crippen LogP contribution in [0.3, 0.4) is 0 Å². The Morgan fingerprint density at radius 2 is 1.30 bits per heavy atom. The maximum Gasteiger partial charge on any atom is 0.351 e. The van der Waals surface area contributed by atoms with Crippen molar-refractivity contribution in [3.63, 3.8) is 0 Å². The number of ether oxygens (including phenoxy) is 3. The molecule has 2 aliphatic heterocycles. The summed E-state index contributed by atoms with van der Waals surface area (Å²) < 4.78 is 29.8. The number of nitrogens with zero attached hydrogens (tertiary/aromatic N) is 6. The highest BCUT2D eigenvalue weighted by molar-refractivity contribution is 7.51. The fourth-order valence-electron chi connectivity index (χ4n) is 5.33. The fraction of sp³-hybridized carbons (Fsp3) is 0.500. The number of hydrogen-bond donors (Lipinski definition) is 11. The summed E-state index contributed by atoms with van der Waals surface area (Å²) in [6.07, 6.45) is -5.11. The van der Waals surface area contributed by atoms with Crippen LogP contribution in [0.2, 0.25) is 0 Å². The standard InChI is InChI=1S/C12H18N5O7P.C12H17N5O4/c1-12(19)6(18)9(23-4-25(20,21)22)24-10(12)17-3-2-5-7(13)15-11(14)16-8(5)17;1-12(20)7(19)6(4-18)21-10(12)17-3-2-5-8(13)15-11(14)16-9(5)17/h2-3,6,9-10,18-19H,4H2,1H3,(H2,20,21,22)(H4,13,14,15,16);2-3,6-7,10,18-20H,4H2,1H3,(H4,13,14,15,16)/t6?,9-,10+,12+;6-,7?,10-,12-/m01/s1. The van der Waals surface area contributed by atoms with Gasteiger partial charge in [0.05, 0.1) is 17.4 Å². The minimum Gasteiger partial charge on any atom is -0.394 e. The van der Waals surface area contributed by atoms with Gasteiger partial charge in [0.1, 0.15) is 52.4 Å². The molecule has 0 amide bonds. The molecule has 2 saturated heterocycles. The molecule has 252 valence electrons. The van der Waals surface area contributed by atoms with Crippen molar-refractivity contribution in [1.29, 1.82) is 0 Å². The minimum atomic E-state index is -4.47. The van der Waals surface area contributed by atoms with Crippen LogP contribution in [-0.2, 0) is 18.8 Å². The zero-order chi connectivity index (χ0) is 33.9. The largest absolute Gasteiger partial charge is 0.394 e. The van der Waals surface area contributed by atoms with Gasteiger partial charge in [0.2, 0.25) is 11.9 Å². The lowest BCUT2D eigenvalue weighted by molar-refractivity contribution is -0.167. The molecule has 4 aromatic rings. The van der Waals surface area contributed by atoms with Crippen molar-refractivity contribution >= 4 is 53.2 Å². The van der Waals surface area contributed by atoms with Gasteiger partial charge < -0.3 is 81.6 Å². The first-order chi connectivity index (χ1) is 21.4. The molecule has 21 nitrogen and oxygen atoms in total. The Bertz CT molecular complexity index is 1790. The molecule has 2 aliphatic rings. The van der Waals surface area contributed by atoms with Crippen molar-refractivity contribution in [2.45, 2.75) is 62.1 Å². The van der Waals surface area contributed by atoms with Gasteiger partial charge in [-0.1, -0.05) is 0 Å². The Morgan fingerprint density at radius 1 is 0.848 bits per heavy atom. The first-order valence-electron chi connectivity index (χ1n) is 13.5. The highest BCUT2D eigenvalue weighted by Crippen LogP contribution is 2.43. The normalized spacial score (nSPS) is 31.4. The van der Waals surface area contributed by atoms with E-state index in [1.807, 2.05) is 0 Å². The number of aliphatic hydroxyl groups excluding tert-OH is 3. The van der Waals surface area contributed by atoms with Crippen molar-refractivity contribution in [1.82, 2.24) is 29.1 Å². The van der Waals surface area contributed by atoms with E-state index in [0.717, 1.165) is 0 Å². The van der Waals surface area contributed by atoms with E-state index in [4.69, 9.17) is 46.9 Å². The molecule has 4 aromatic heterocycles. The number of nitrogen functional groups attached to an aromatic ring is 4. The Labute approximate surface area is 259 Å². The number of rotatable bonds is 6. The SMILES string of the molecule is C[C@@]1(O)C(O)[C@@H](CO)O[C@H]1n1ccc2c(N)nc(N)nc21.C[C@@]1(O)C(O)[C@@H](OCP(=O)(O)O)O[C@H]1n1ccc2c(N)nc(N)nc21. The van der Waals surface area contributed by atoms with Gasteiger partial charge in [0, 0.05) is 12.4 Å². The second-order valence-electron chi connectivity index (χ2n) is 11.2. The second kappa shape index (κ2) is 11.8. The number of aromatic nitrogens is 6. The highest BCUT2D eigenvalue weighted by atomic mass is 31.2. The number of hydrogen-bond acceptors (Lipinski definition) is 17. The van der Waals surface area contributed by atoms with Crippen molar-refractivity contribution in [3.8, 4) is 0 Å². The predicted octanol–water partition coefficient (Wildman–Crippen LogP) is -2.69. The summed E-state index contributed by atoms with van der Waals surface area (Å²) in [5.41, 5.74) is 19.9. The van der Waals surface area contributed by atoms with Gasteiger partial charge in [-0.25, -0.2) is 0 Å². The quantitative estimate of drug-likeness (QED) is 0.0930. The second-order valence-corrected chi connectivity index (χ2v) is 12.8. The Morgan fingerprint density at radius 3 is 1.74 bits per heavy atom. The van der Waals surface area contributed by atoms with Crippen molar-refractivity contribution < 1.29 is 54.1 Å². The molecule has 0 bridgehead atoms. The smallest absolute Gasteiger partial charge is 0.351 e. The Kier molecular flexibility index (Phi) is 8.64. The summed E-state index contributed by atoms with van der Waals surface area (Å²) in [5, 5.41) is 51.6. The van der Waals surface area contributed by atoms with E-state index in [9.17, 15) is 30.1 Å². The maximum absolute atomic E-state index is 10.9. The fourth-order valence-corrected chi connectivity index (χ4v) is 5.67. The van der Waals surface area contributed by atoms with Crippen molar-refractivity contribution in [2.75, 3.05) is 35.9 Å². The molecule has 2 unspecified atom stereocenters. The van der Waals surface area contributed by atoms with Crippen molar-refractivity contribution in [2.24, 2.45) is 0 Å². The van der Waals surface area contributed by atoms with Gasteiger partial charge in [-0.05, 0) is 26.0 Å². The zero-order valence-electron chi connectivity index (χ0n) is 24.4. The molecule has 0 saturated carbocycles. The number of fused-ring (bicyclic) bond motifs is 2. The van der Waals surface area contributed by atoms with Gasteiger partial charge in [0.25, 0.3) is 0 Å². The van der Waals surface area contributed by atoms with Crippen LogP contribution < -0.4 is 22.9 Å². The van der Waals surface area contributed by atoms with Crippen LogP contribution in [0.5, 0.6) is 0 Å². The van der Waals surface area contributed by atoms with Gasteiger partial charge in [-0.15, -0.1) is 0 Å². The first-order valence-corrected chi connectivity index (χ1v) is 15.3. The van der Waals surface area contributed by atoms with E-state index >= 15 is 0 Å². The average molecular weight is 671 g/mol. The van der Waals surface area contributed by atoms with E-state index in [-0.39, 0.29) is 29.2 Å². The van der Waals surface area contributed by atoms with Crippen LogP contribution in [0.4, 0.5) is 23.5 Å². The Balaban J connectivity index is 0.000000184. The van der Waals surface area contributed by atoms with Crippen molar-refractivity contribution in [3.05, 3.63) is 24.5 Å². The predicted molar refractivity (Wildman–Crippen MR) is 159 cm³/mol. The molecule has 0 radical (unpaired) electrons. The molecule has 6 rings (SSSR count). The highest BCUT2D eigenvalue weighted by Gasteiger charge is 2.55. The molecular weight excluding hydrogens is 635 g/mol. The molecule has 8 atom stereocenters. The molecule has 0 aromatic carbocycles. The van der Waals surface area contributed by atoms with Crippen LogP contribution in [0.1, 0.15) is 26.3 Å². The Hall–Kier alpha value is -3.73. The average Bonchev–Trinajstić information content (AvgIpc) is 3.67. The topological polar surface area (TPSA) is 352 Å². The third-order valence-corrected chi connectivity index (χ3v) is 8.19. The summed E-state index contributed by atoms with van der Waals surface area (Å²) in [4.78, 5) is 33.6. The lowest BCUT2D eigenvalue weighted by Gasteiger charge is -2.27. The maximum atomic E-state index is 10.9. The van der Waals surface area contributed by atoms with Gasteiger partial charge in [-0.3, -0.25) is 4.57 Å². The van der Waals surface area contributed by atoms with E-state index in [2.05, 4.69) is 19.9 Å². The molecule has 6 heterocycles. The monoisotopic (exact) mass is 670 g/mol. The van der Waals surface area contributed by atoms with E-state index < -0.39 is 68.8 Å². The molecular formula is C24H35N10O11P. The van der Waals surface area contributed by atoms with Crippen LogP contribution in [-0.4, -0.2) is 113 Å². The molecule has 22 heteroatoms. The zero-order valence-corrected chi connectivity index (χ0v) is 25.3. The molecule has 0 spiro atoms. The number of aliphatic hydroxyl groups is 5. The molecule has 15 N–H and O–H groups in total. The van der Waals surface area contributed by atoms with Crippen LogP contribution in [0.15, 0.2) is 24.5 Å². The van der Waals surface area contributed by atoms with Gasteiger partial charge >= 0.3 is 7.60 Å². The summed E-state index contributed by atoms with van der Waals surface area (Å²) in [7, 11) is -4.47. The summed E-state index contributed by atoms with van der Waals surface area (Å²) in [5.74, 6) is 0.260. The summed E-state index contributed by atoms with van der Waals surface area (Å²) in [6.45, 7) is 2.31. The molecule has 46 heavy (non-hydrogen) atoms. The third kappa shape index (κ3) is 5.94. The van der Waals surface area contributed by atoms with Crippen LogP contribution in [0, 0.1) is 0 Å². The lowest BCUT2D eigenvalue weighted by Crippen LogP contribution is -2.44. The number of anilines is 4. The molecule has 0 aliphatic carbocycles.